The molecular formula is C33H30Cl2N2O8. The van der Waals surface area contributed by atoms with Gasteiger partial charge in [-0.25, -0.2) is 9.59 Å². The summed E-state index contributed by atoms with van der Waals surface area (Å²) >= 11 is 12.9. The summed E-state index contributed by atoms with van der Waals surface area (Å²) in [6.07, 6.45) is 4.87. The Hall–Kier alpha value is -4.67. The summed E-state index contributed by atoms with van der Waals surface area (Å²) in [5.74, 6) is -0.384. The number of unbranched alkanes of at least 4 members (excludes halogenated alkanes) is 1. The number of aliphatic carboxylic acids is 1. The normalized spacial score (nSPS) is 12.3. The van der Waals surface area contributed by atoms with Crippen molar-refractivity contribution in [1.29, 1.82) is 0 Å². The molecule has 1 aromatic heterocycles. The molecule has 4 aromatic rings. The highest BCUT2D eigenvalue weighted by Gasteiger charge is 2.23. The number of carboxylic acid groups (broad SMARTS) is 2. The van der Waals surface area contributed by atoms with Gasteiger partial charge in [-0.15, -0.1) is 0 Å². The van der Waals surface area contributed by atoms with Crippen molar-refractivity contribution in [1.82, 2.24) is 9.78 Å². The van der Waals surface area contributed by atoms with Crippen molar-refractivity contribution in [2.75, 3.05) is 13.9 Å². The third-order valence-electron chi connectivity index (χ3n) is 7.26. The molecule has 45 heavy (non-hydrogen) atoms. The Bertz CT molecular complexity index is 1780. The lowest BCUT2D eigenvalue weighted by atomic mass is 9.99. The van der Waals surface area contributed by atoms with E-state index < -0.39 is 11.9 Å². The SMILES string of the molecule is CCCCn1ncc(C=C(Cc2cc3c(cc2OC)OCO3)C(=O)O)c1-c1cc(Cl)c(Cl)cc1OCc1ccccc1C(=O)O. The summed E-state index contributed by atoms with van der Waals surface area (Å²) in [5, 5.41) is 25.0. The number of fused-ring (bicyclic) bond motifs is 1. The third-order valence-corrected chi connectivity index (χ3v) is 7.98. The van der Waals surface area contributed by atoms with Crippen LogP contribution >= 0.6 is 23.2 Å². The number of aromatic carboxylic acids is 1. The van der Waals surface area contributed by atoms with Gasteiger partial charge in [0, 0.05) is 52.9 Å². The van der Waals surface area contributed by atoms with Gasteiger partial charge in [-0.1, -0.05) is 54.7 Å². The second kappa shape index (κ2) is 14.0. The summed E-state index contributed by atoms with van der Waals surface area (Å²) in [6, 6.07) is 13.1. The third kappa shape index (κ3) is 7.02. The van der Waals surface area contributed by atoms with Gasteiger partial charge in [0.05, 0.1) is 34.6 Å². The molecule has 3 aromatic carbocycles. The van der Waals surface area contributed by atoms with Crippen molar-refractivity contribution < 1.29 is 38.7 Å². The highest BCUT2D eigenvalue weighted by molar-refractivity contribution is 6.42. The van der Waals surface area contributed by atoms with E-state index >= 15 is 0 Å². The quantitative estimate of drug-likeness (QED) is 0.142. The number of carbonyl (C=O) groups is 2. The molecule has 0 atom stereocenters. The first-order chi connectivity index (χ1) is 21.7. The molecule has 2 N–H and O–H groups in total. The lowest BCUT2D eigenvalue weighted by Crippen LogP contribution is -2.08. The van der Waals surface area contributed by atoms with E-state index in [9.17, 15) is 19.8 Å². The van der Waals surface area contributed by atoms with Crippen LogP contribution in [0.3, 0.4) is 0 Å². The Labute approximate surface area is 269 Å². The van der Waals surface area contributed by atoms with E-state index in [-0.39, 0.29) is 41.0 Å². The number of rotatable bonds is 13. The van der Waals surface area contributed by atoms with E-state index in [1.54, 1.807) is 59.4 Å². The summed E-state index contributed by atoms with van der Waals surface area (Å²) in [6.45, 7) is 2.60. The van der Waals surface area contributed by atoms with Crippen LogP contribution < -0.4 is 18.9 Å². The zero-order valence-corrected chi connectivity index (χ0v) is 26.0. The van der Waals surface area contributed by atoms with Crippen LogP contribution in [0.15, 0.2) is 60.3 Å². The fourth-order valence-electron chi connectivity index (χ4n) is 5.00. The molecule has 0 amide bonds. The van der Waals surface area contributed by atoms with E-state index in [4.69, 9.17) is 42.1 Å². The zero-order valence-electron chi connectivity index (χ0n) is 24.5. The number of hydrogen-bond donors (Lipinski definition) is 2. The van der Waals surface area contributed by atoms with Gasteiger partial charge in [-0.3, -0.25) is 4.68 Å². The maximum atomic E-state index is 12.6. The van der Waals surface area contributed by atoms with Gasteiger partial charge in [0.2, 0.25) is 6.79 Å². The van der Waals surface area contributed by atoms with Crippen molar-refractivity contribution in [2.45, 2.75) is 39.3 Å². The molecule has 0 aliphatic carbocycles. The predicted molar refractivity (Wildman–Crippen MR) is 169 cm³/mol. The van der Waals surface area contributed by atoms with Gasteiger partial charge >= 0.3 is 11.9 Å². The molecule has 0 radical (unpaired) electrons. The van der Waals surface area contributed by atoms with Crippen LogP contribution in [0, 0.1) is 0 Å². The summed E-state index contributed by atoms with van der Waals surface area (Å²) < 4.78 is 24.4. The topological polar surface area (TPSA) is 129 Å². The lowest BCUT2D eigenvalue weighted by Gasteiger charge is -2.17. The second-order valence-electron chi connectivity index (χ2n) is 10.2. The Morgan fingerprint density at radius 1 is 1.02 bits per heavy atom. The molecule has 0 unspecified atom stereocenters. The van der Waals surface area contributed by atoms with E-state index in [1.807, 2.05) is 0 Å². The predicted octanol–water partition coefficient (Wildman–Crippen LogP) is 7.38. The van der Waals surface area contributed by atoms with Crippen LogP contribution in [-0.4, -0.2) is 45.8 Å². The van der Waals surface area contributed by atoms with Gasteiger partial charge in [0.25, 0.3) is 0 Å². The average Bonchev–Trinajstić information content (AvgIpc) is 3.65. The van der Waals surface area contributed by atoms with Crippen LogP contribution in [0.25, 0.3) is 17.3 Å². The smallest absolute Gasteiger partial charge is 0.336 e. The van der Waals surface area contributed by atoms with E-state index in [0.717, 1.165) is 12.8 Å². The molecule has 1 aliphatic rings. The van der Waals surface area contributed by atoms with Crippen LogP contribution in [0.2, 0.25) is 10.0 Å². The first kappa shape index (κ1) is 31.7. The van der Waals surface area contributed by atoms with Crippen molar-refractivity contribution >= 4 is 41.2 Å². The minimum atomic E-state index is -1.13. The number of halogens is 2. The van der Waals surface area contributed by atoms with Crippen molar-refractivity contribution in [2.24, 2.45) is 0 Å². The molecule has 5 rings (SSSR count). The number of nitrogens with zero attached hydrogens (tertiary/aromatic N) is 2. The Morgan fingerprint density at radius 3 is 2.47 bits per heavy atom. The molecule has 0 bridgehead atoms. The fourth-order valence-corrected chi connectivity index (χ4v) is 5.31. The van der Waals surface area contributed by atoms with E-state index in [2.05, 4.69) is 12.0 Å². The van der Waals surface area contributed by atoms with Gasteiger partial charge in [-0.05, 0) is 30.7 Å². The van der Waals surface area contributed by atoms with E-state index in [0.29, 0.717) is 57.5 Å². The molecule has 0 saturated carbocycles. The van der Waals surface area contributed by atoms with Gasteiger partial charge in [-0.2, -0.15) is 5.10 Å². The van der Waals surface area contributed by atoms with Gasteiger partial charge < -0.3 is 29.2 Å². The molecule has 0 saturated heterocycles. The summed E-state index contributed by atoms with van der Waals surface area (Å²) in [7, 11) is 1.50. The van der Waals surface area contributed by atoms with Crippen LogP contribution in [-0.2, 0) is 24.4 Å². The van der Waals surface area contributed by atoms with Gasteiger partial charge in [0.1, 0.15) is 18.1 Å². The molecule has 234 valence electrons. The number of hydrogen-bond acceptors (Lipinski definition) is 7. The van der Waals surface area contributed by atoms with Crippen LogP contribution in [0.1, 0.15) is 46.8 Å². The monoisotopic (exact) mass is 652 g/mol. The number of methoxy groups -OCH3 is 1. The molecule has 0 fully saturated rings. The average molecular weight is 654 g/mol. The van der Waals surface area contributed by atoms with Crippen molar-refractivity contribution in [3.05, 3.63) is 92.6 Å². The maximum Gasteiger partial charge on any atom is 0.336 e. The summed E-state index contributed by atoms with van der Waals surface area (Å²) in [4.78, 5) is 24.4. The highest BCUT2D eigenvalue weighted by Crippen LogP contribution is 2.41. The standard InChI is InChI=1S/C33H30Cl2N2O8/c1-3-4-9-37-31(24-13-25(34)26(35)14-28(24)43-17-19-7-5-6-8-23(19)33(40)41)22(16-36-37)11-21(32(38)39)10-20-12-29-30(45-18-44-29)15-27(20)42-2/h5-8,11-16H,3-4,9-10,17-18H2,1-2H3,(H,38,39)(H,40,41). The molecule has 12 heteroatoms. The number of ether oxygens (including phenoxy) is 4. The Balaban J connectivity index is 1.59. The first-order valence-electron chi connectivity index (χ1n) is 14.1. The van der Waals surface area contributed by atoms with Crippen molar-refractivity contribution in [3.8, 4) is 34.3 Å². The largest absolute Gasteiger partial charge is 0.496 e. The first-order valence-corrected chi connectivity index (χ1v) is 14.8. The minimum Gasteiger partial charge on any atom is -0.496 e. The van der Waals surface area contributed by atoms with Gasteiger partial charge in [0.15, 0.2) is 11.5 Å². The lowest BCUT2D eigenvalue weighted by molar-refractivity contribution is -0.132. The van der Waals surface area contributed by atoms with Crippen LogP contribution in [0.5, 0.6) is 23.0 Å². The summed E-state index contributed by atoms with van der Waals surface area (Å²) in [5.41, 5.74) is 2.85. The van der Waals surface area contributed by atoms with Crippen molar-refractivity contribution in [3.63, 3.8) is 0 Å². The maximum absolute atomic E-state index is 12.6. The Morgan fingerprint density at radius 2 is 1.76 bits per heavy atom. The molecule has 2 heterocycles. The van der Waals surface area contributed by atoms with Crippen LogP contribution in [0.4, 0.5) is 0 Å². The minimum absolute atomic E-state index is 0.0193. The molecule has 1 aliphatic heterocycles. The molecular weight excluding hydrogens is 623 g/mol. The Kier molecular flexibility index (Phi) is 9.85. The fraction of sp³-hybridized carbons (Fsp3) is 0.242. The second-order valence-corrected chi connectivity index (χ2v) is 11.0. The molecule has 10 nitrogen and oxygen atoms in total. The number of aromatic nitrogens is 2. The molecule has 0 spiro atoms. The highest BCUT2D eigenvalue weighted by atomic mass is 35.5. The van der Waals surface area contributed by atoms with E-state index in [1.165, 1.54) is 13.2 Å². The number of benzene rings is 3. The number of aryl methyl sites for hydroxylation is 1. The zero-order chi connectivity index (χ0) is 32.1. The number of carboxylic acids is 2.